The standard InChI is InChI=1S/C47H52FN9O3/c1-28(2)38-27-52-57-43(38)54-45(50-25-32-16-19-56(20-17-32)40(58)24-47(6,7)41-30(4)21-29(3)22-39(41)60-8)55-46(57)51-26-34-11-9-10-12-36(34)42-37-14-13-35(53-44(59)31(5)48)23-33(37)15-18-49-42/h9-16,18,21-23,27-28H,5,17,19-20,24-26H2,1-4,6-8H3,(H,53,59)(H2,50,51,54,55). The number of nitrogens with one attached hydrogen (secondary N) is 3. The zero-order valence-electron chi connectivity index (χ0n) is 35.3. The number of hydrogen-bond donors (Lipinski definition) is 3. The third-order valence-corrected chi connectivity index (χ3v) is 11.1. The lowest BCUT2D eigenvalue weighted by molar-refractivity contribution is -0.132. The summed E-state index contributed by atoms with van der Waals surface area (Å²) >= 11 is 0. The van der Waals surface area contributed by atoms with Gasteiger partial charge < -0.3 is 25.6 Å². The molecule has 3 aromatic heterocycles. The molecule has 0 unspecified atom stereocenters. The summed E-state index contributed by atoms with van der Waals surface area (Å²) in [5.74, 6) is 0.196. The molecule has 3 aromatic carbocycles. The van der Waals surface area contributed by atoms with Crippen molar-refractivity contribution in [3.8, 4) is 17.0 Å². The first kappa shape index (κ1) is 41.5. The number of aryl methyl sites for hydroxylation is 2. The summed E-state index contributed by atoms with van der Waals surface area (Å²) in [6, 6.07) is 19.4. The summed E-state index contributed by atoms with van der Waals surface area (Å²) < 4.78 is 20.8. The quantitative estimate of drug-likeness (QED) is 0.0727. The molecule has 0 bridgehead atoms. The van der Waals surface area contributed by atoms with E-state index in [9.17, 15) is 14.0 Å². The van der Waals surface area contributed by atoms with Gasteiger partial charge in [-0.2, -0.15) is 19.6 Å². The van der Waals surface area contributed by atoms with E-state index in [4.69, 9.17) is 19.7 Å². The molecule has 0 aliphatic carbocycles. The Morgan fingerprint density at radius 1 is 1.02 bits per heavy atom. The number of nitrogens with zero attached hydrogens (tertiary/aromatic N) is 6. The number of hydrogen-bond acceptors (Lipinski definition) is 9. The first-order chi connectivity index (χ1) is 28.7. The maximum atomic E-state index is 13.6. The Hall–Kier alpha value is -6.63. The summed E-state index contributed by atoms with van der Waals surface area (Å²) in [4.78, 5) is 42.0. The maximum absolute atomic E-state index is 13.6. The number of ether oxygens (including phenoxy) is 1. The zero-order chi connectivity index (χ0) is 42.7. The second-order valence-corrected chi connectivity index (χ2v) is 16.4. The molecule has 3 N–H and O–H groups in total. The third kappa shape index (κ3) is 8.85. The molecule has 0 saturated carbocycles. The van der Waals surface area contributed by atoms with Gasteiger partial charge in [0.1, 0.15) is 5.75 Å². The monoisotopic (exact) mass is 809 g/mol. The number of amides is 2. The molecule has 13 heteroatoms. The fourth-order valence-electron chi connectivity index (χ4n) is 8.07. The molecule has 7 rings (SSSR count). The van der Waals surface area contributed by atoms with Crippen LogP contribution in [0.15, 0.2) is 97.1 Å². The summed E-state index contributed by atoms with van der Waals surface area (Å²) in [6.07, 6.45) is 6.81. The van der Waals surface area contributed by atoms with Gasteiger partial charge in [-0.25, -0.2) is 4.39 Å². The lowest BCUT2D eigenvalue weighted by Gasteiger charge is -2.33. The SMILES string of the molecule is C=C(F)C(=O)Nc1ccc2c(-c3ccccc3CNc3nc(NCC4=CCN(C(=O)CC(C)(C)c5c(C)cc(C)cc5OC)CC4)nc4c(C(C)C)cnn34)nccc2c1. The Kier molecular flexibility index (Phi) is 12.0. The lowest BCUT2D eigenvalue weighted by Crippen LogP contribution is -2.39. The van der Waals surface area contributed by atoms with Gasteiger partial charge >= 0.3 is 0 Å². The van der Waals surface area contributed by atoms with Crippen LogP contribution in [0.1, 0.15) is 74.3 Å². The molecule has 0 saturated heterocycles. The third-order valence-electron chi connectivity index (χ3n) is 11.1. The maximum Gasteiger partial charge on any atom is 0.283 e. The molecular formula is C47H52FN9O3. The molecule has 1 aliphatic rings. The van der Waals surface area contributed by atoms with Gasteiger partial charge in [-0.15, -0.1) is 0 Å². The van der Waals surface area contributed by atoms with Crippen molar-refractivity contribution < 1.29 is 18.7 Å². The van der Waals surface area contributed by atoms with E-state index in [0.717, 1.165) is 62.0 Å². The number of carbonyl (C=O) groups is 2. The fourth-order valence-corrected chi connectivity index (χ4v) is 8.07. The first-order valence-electron chi connectivity index (χ1n) is 20.2. The minimum atomic E-state index is -1.05. The number of pyridine rings is 1. The Labute approximate surface area is 350 Å². The molecule has 4 heterocycles. The van der Waals surface area contributed by atoms with Crippen molar-refractivity contribution in [2.45, 2.75) is 72.3 Å². The minimum Gasteiger partial charge on any atom is -0.496 e. The van der Waals surface area contributed by atoms with Gasteiger partial charge in [-0.3, -0.25) is 14.6 Å². The Morgan fingerprint density at radius 3 is 2.55 bits per heavy atom. The van der Waals surface area contributed by atoms with Crippen LogP contribution in [0.25, 0.3) is 27.7 Å². The van der Waals surface area contributed by atoms with Crippen molar-refractivity contribution in [3.05, 3.63) is 125 Å². The minimum absolute atomic E-state index is 0.121. The van der Waals surface area contributed by atoms with Crippen molar-refractivity contribution in [2.24, 2.45) is 0 Å². The second kappa shape index (κ2) is 17.3. The van der Waals surface area contributed by atoms with Crippen LogP contribution >= 0.6 is 0 Å². The summed E-state index contributed by atoms with van der Waals surface area (Å²) in [7, 11) is 1.69. The highest BCUT2D eigenvalue weighted by Crippen LogP contribution is 2.38. The van der Waals surface area contributed by atoms with Crippen LogP contribution in [0.4, 0.5) is 22.0 Å². The number of rotatable bonds is 14. The van der Waals surface area contributed by atoms with Gasteiger partial charge in [0.05, 0.1) is 19.0 Å². The predicted molar refractivity (Wildman–Crippen MR) is 236 cm³/mol. The highest BCUT2D eigenvalue weighted by Gasteiger charge is 2.32. The Balaban J connectivity index is 1.06. The van der Waals surface area contributed by atoms with Gasteiger partial charge in [0.25, 0.3) is 5.91 Å². The number of fused-ring (bicyclic) bond motifs is 2. The zero-order valence-corrected chi connectivity index (χ0v) is 35.3. The fraction of sp³-hybridized carbons (Fsp3) is 0.319. The number of methoxy groups -OCH3 is 1. The van der Waals surface area contributed by atoms with Crippen LogP contribution < -0.4 is 20.7 Å². The molecular weight excluding hydrogens is 758 g/mol. The van der Waals surface area contributed by atoms with E-state index >= 15 is 0 Å². The first-order valence-corrected chi connectivity index (χ1v) is 20.2. The number of aromatic nitrogens is 5. The molecule has 0 fully saturated rings. The van der Waals surface area contributed by atoms with Gasteiger partial charge in [-0.05, 0) is 72.5 Å². The largest absolute Gasteiger partial charge is 0.496 e. The van der Waals surface area contributed by atoms with Gasteiger partial charge in [0.15, 0.2) is 11.5 Å². The molecule has 1 aliphatic heterocycles. The summed E-state index contributed by atoms with van der Waals surface area (Å²) in [5, 5.41) is 15.9. The van der Waals surface area contributed by atoms with E-state index in [1.54, 1.807) is 30.0 Å². The lowest BCUT2D eigenvalue weighted by atomic mass is 9.77. The van der Waals surface area contributed by atoms with Crippen LogP contribution in [0, 0.1) is 13.8 Å². The summed E-state index contributed by atoms with van der Waals surface area (Å²) in [6.45, 7) is 17.8. The van der Waals surface area contributed by atoms with Gasteiger partial charge in [-0.1, -0.05) is 82.3 Å². The molecule has 0 spiro atoms. The van der Waals surface area contributed by atoms with E-state index in [-0.39, 0.29) is 11.8 Å². The topological polar surface area (TPSA) is 139 Å². The number of halogens is 1. The highest BCUT2D eigenvalue weighted by molar-refractivity contribution is 6.04. The molecule has 2 amide bonds. The number of carbonyl (C=O) groups excluding carboxylic acids is 2. The molecule has 12 nitrogen and oxygen atoms in total. The Morgan fingerprint density at radius 2 is 1.82 bits per heavy atom. The smallest absolute Gasteiger partial charge is 0.283 e. The van der Waals surface area contributed by atoms with E-state index in [2.05, 4.69) is 81.3 Å². The molecule has 6 aromatic rings. The number of benzene rings is 3. The van der Waals surface area contributed by atoms with E-state index in [0.29, 0.717) is 55.8 Å². The van der Waals surface area contributed by atoms with Gasteiger partial charge in [0, 0.05) is 72.0 Å². The predicted octanol–water partition coefficient (Wildman–Crippen LogP) is 9.06. The van der Waals surface area contributed by atoms with E-state index in [1.807, 2.05) is 53.6 Å². The molecule has 0 radical (unpaired) electrons. The van der Waals surface area contributed by atoms with Crippen LogP contribution in [0.3, 0.4) is 0 Å². The van der Waals surface area contributed by atoms with Crippen molar-refractivity contribution in [1.29, 1.82) is 0 Å². The normalized spacial score (nSPS) is 13.1. The van der Waals surface area contributed by atoms with Crippen molar-refractivity contribution in [3.63, 3.8) is 0 Å². The second-order valence-electron chi connectivity index (χ2n) is 16.4. The Bertz CT molecular complexity index is 2650. The van der Waals surface area contributed by atoms with Crippen LogP contribution in [0.5, 0.6) is 5.75 Å². The van der Waals surface area contributed by atoms with Crippen molar-refractivity contribution in [2.75, 3.05) is 42.7 Å². The van der Waals surface area contributed by atoms with Crippen molar-refractivity contribution in [1.82, 2.24) is 29.5 Å². The van der Waals surface area contributed by atoms with Crippen LogP contribution in [0.2, 0.25) is 0 Å². The average Bonchev–Trinajstić information content (AvgIpc) is 3.66. The highest BCUT2D eigenvalue weighted by atomic mass is 19.1. The van der Waals surface area contributed by atoms with Crippen LogP contribution in [-0.2, 0) is 21.5 Å². The van der Waals surface area contributed by atoms with Crippen LogP contribution in [-0.4, -0.2) is 68.0 Å². The molecule has 60 heavy (non-hydrogen) atoms. The molecule has 0 atom stereocenters. The van der Waals surface area contributed by atoms with Crippen molar-refractivity contribution >= 4 is 45.8 Å². The summed E-state index contributed by atoms with van der Waals surface area (Å²) in [5.41, 5.74) is 8.95. The average molecular weight is 810 g/mol. The number of anilines is 3. The van der Waals surface area contributed by atoms with E-state index in [1.165, 1.54) is 5.57 Å². The molecule has 310 valence electrons. The van der Waals surface area contributed by atoms with Gasteiger partial charge in [0.2, 0.25) is 17.8 Å². The van der Waals surface area contributed by atoms with E-state index < -0.39 is 17.1 Å².